The summed E-state index contributed by atoms with van der Waals surface area (Å²) in [7, 11) is 0. The Kier molecular flexibility index (Phi) is 6.18. The van der Waals surface area contributed by atoms with Gasteiger partial charge in [0.15, 0.2) is 5.78 Å². The molecule has 3 rings (SSSR count). The van der Waals surface area contributed by atoms with Gasteiger partial charge in [-0.05, 0) is 42.7 Å². The standard InChI is InChI=1S/C23H16F4O2/c24-21-7-2-1-4-17(21)12-13-19-6-3-5-18(22(19)28)11-8-16-9-14-20(15-10-16)29-23(25,26)27/h1-2,4,6-11,14-15,18H,3,5H2/b11-8+. The number of hydrogen-bond acceptors (Lipinski definition) is 2. The Balaban J connectivity index is 1.67. The molecule has 0 bridgehead atoms. The molecule has 1 aliphatic carbocycles. The van der Waals surface area contributed by atoms with Crippen molar-refractivity contribution < 1.29 is 27.1 Å². The molecule has 2 aromatic carbocycles. The van der Waals surface area contributed by atoms with E-state index in [0.29, 0.717) is 24.0 Å². The fourth-order valence-electron chi connectivity index (χ4n) is 2.84. The number of carbonyl (C=O) groups is 1. The summed E-state index contributed by atoms with van der Waals surface area (Å²) in [6, 6.07) is 11.4. The van der Waals surface area contributed by atoms with Gasteiger partial charge in [-0.15, -0.1) is 13.2 Å². The van der Waals surface area contributed by atoms with Crippen LogP contribution in [-0.2, 0) is 4.79 Å². The molecule has 1 aliphatic rings. The molecule has 0 saturated heterocycles. The highest BCUT2D eigenvalue weighted by Crippen LogP contribution is 2.25. The van der Waals surface area contributed by atoms with E-state index in [2.05, 4.69) is 16.6 Å². The minimum absolute atomic E-state index is 0.159. The van der Waals surface area contributed by atoms with E-state index in [1.807, 2.05) is 0 Å². The SMILES string of the molecule is O=C1C(C#Cc2ccccc2F)=CCCC1/C=C/c1ccc(OC(F)(F)F)cc1. The number of carbonyl (C=O) groups excluding carboxylic acids is 1. The van der Waals surface area contributed by atoms with Crippen LogP contribution in [-0.4, -0.2) is 12.1 Å². The monoisotopic (exact) mass is 400 g/mol. The van der Waals surface area contributed by atoms with E-state index in [1.165, 1.54) is 30.3 Å². The number of allylic oxidation sites excluding steroid dienone is 3. The molecule has 2 aromatic rings. The van der Waals surface area contributed by atoms with E-state index in [0.717, 1.165) is 0 Å². The zero-order valence-electron chi connectivity index (χ0n) is 15.2. The number of ketones is 1. The fraction of sp³-hybridized carbons (Fsp3) is 0.174. The van der Waals surface area contributed by atoms with Gasteiger partial charge in [0.1, 0.15) is 11.6 Å². The molecule has 0 spiro atoms. The first-order chi connectivity index (χ1) is 13.8. The van der Waals surface area contributed by atoms with Crippen LogP contribution in [0.15, 0.2) is 66.3 Å². The van der Waals surface area contributed by atoms with Gasteiger partial charge in [-0.1, -0.05) is 54.3 Å². The molecule has 2 nitrogen and oxygen atoms in total. The highest BCUT2D eigenvalue weighted by atomic mass is 19.4. The third-order valence-corrected chi connectivity index (χ3v) is 4.27. The molecule has 0 saturated carbocycles. The normalized spacial score (nSPS) is 16.9. The Morgan fingerprint density at radius 2 is 1.76 bits per heavy atom. The summed E-state index contributed by atoms with van der Waals surface area (Å²) in [6.45, 7) is 0. The topological polar surface area (TPSA) is 26.3 Å². The number of halogens is 4. The summed E-state index contributed by atoms with van der Waals surface area (Å²) in [6.07, 6.45) is 1.64. The Hall–Kier alpha value is -3.33. The molecule has 0 fully saturated rings. The quantitative estimate of drug-likeness (QED) is 0.488. The van der Waals surface area contributed by atoms with Crippen LogP contribution in [0.1, 0.15) is 24.0 Å². The van der Waals surface area contributed by atoms with Crippen LogP contribution in [0.3, 0.4) is 0 Å². The summed E-state index contributed by atoms with van der Waals surface area (Å²) in [5.41, 5.74) is 1.20. The molecule has 148 valence electrons. The lowest BCUT2D eigenvalue weighted by Gasteiger charge is -2.15. The van der Waals surface area contributed by atoms with Gasteiger partial charge in [0, 0.05) is 5.92 Å². The van der Waals surface area contributed by atoms with E-state index in [1.54, 1.807) is 36.4 Å². The van der Waals surface area contributed by atoms with Crippen molar-refractivity contribution in [3.63, 3.8) is 0 Å². The molecule has 1 unspecified atom stereocenters. The second-order valence-electron chi connectivity index (χ2n) is 6.37. The Morgan fingerprint density at radius 3 is 2.45 bits per heavy atom. The van der Waals surface area contributed by atoms with Crippen LogP contribution in [0.25, 0.3) is 6.08 Å². The van der Waals surface area contributed by atoms with Gasteiger partial charge in [0.25, 0.3) is 0 Å². The van der Waals surface area contributed by atoms with Crippen LogP contribution in [0, 0.1) is 23.6 Å². The van der Waals surface area contributed by atoms with Crippen molar-refractivity contribution >= 4 is 11.9 Å². The maximum Gasteiger partial charge on any atom is 0.573 e. The first-order valence-corrected chi connectivity index (χ1v) is 8.87. The zero-order chi connectivity index (χ0) is 20.9. The van der Waals surface area contributed by atoms with Crippen LogP contribution in [0.5, 0.6) is 5.75 Å². The van der Waals surface area contributed by atoms with Crippen LogP contribution in [0.2, 0.25) is 0 Å². The molecule has 0 amide bonds. The van der Waals surface area contributed by atoms with Gasteiger partial charge in [0.2, 0.25) is 0 Å². The lowest BCUT2D eigenvalue weighted by atomic mass is 9.87. The van der Waals surface area contributed by atoms with Crippen molar-refractivity contribution in [1.29, 1.82) is 0 Å². The van der Waals surface area contributed by atoms with Gasteiger partial charge in [-0.2, -0.15) is 0 Å². The summed E-state index contributed by atoms with van der Waals surface area (Å²) >= 11 is 0. The molecule has 29 heavy (non-hydrogen) atoms. The molecular formula is C23H16F4O2. The highest BCUT2D eigenvalue weighted by molar-refractivity contribution is 6.03. The maximum atomic E-state index is 13.7. The third kappa shape index (κ3) is 5.82. The van der Waals surface area contributed by atoms with Crippen molar-refractivity contribution in [2.45, 2.75) is 19.2 Å². The molecular weight excluding hydrogens is 384 g/mol. The molecule has 0 aromatic heterocycles. The Bertz CT molecular complexity index is 1010. The van der Waals surface area contributed by atoms with Crippen LogP contribution < -0.4 is 4.74 Å². The minimum atomic E-state index is -4.74. The van der Waals surface area contributed by atoms with E-state index in [4.69, 9.17) is 0 Å². The molecule has 0 radical (unpaired) electrons. The highest BCUT2D eigenvalue weighted by Gasteiger charge is 2.30. The first-order valence-electron chi connectivity index (χ1n) is 8.87. The summed E-state index contributed by atoms with van der Waals surface area (Å²) in [5, 5.41) is 0. The van der Waals surface area contributed by atoms with E-state index < -0.39 is 18.1 Å². The van der Waals surface area contributed by atoms with E-state index in [9.17, 15) is 22.4 Å². The zero-order valence-corrected chi connectivity index (χ0v) is 15.2. The van der Waals surface area contributed by atoms with Gasteiger partial charge in [0.05, 0.1) is 11.1 Å². The smallest absolute Gasteiger partial charge is 0.406 e. The summed E-state index contributed by atoms with van der Waals surface area (Å²) in [4.78, 5) is 12.6. The number of ether oxygens (including phenoxy) is 1. The first kappa shape index (κ1) is 20.4. The molecule has 1 atom stereocenters. The predicted molar refractivity (Wildman–Crippen MR) is 101 cm³/mol. The second kappa shape index (κ2) is 8.78. The molecule has 0 aliphatic heterocycles. The molecule has 0 N–H and O–H groups in total. The summed E-state index contributed by atoms with van der Waals surface area (Å²) in [5.74, 6) is 4.13. The second-order valence-corrected chi connectivity index (χ2v) is 6.37. The molecule has 6 heteroatoms. The summed E-state index contributed by atoms with van der Waals surface area (Å²) < 4.78 is 54.1. The lowest BCUT2D eigenvalue weighted by Crippen LogP contribution is -2.17. The largest absolute Gasteiger partial charge is 0.573 e. The van der Waals surface area contributed by atoms with Gasteiger partial charge >= 0.3 is 6.36 Å². The number of Topliss-reactive ketones (excluding diaryl/α,β-unsaturated/α-hetero) is 1. The van der Waals surface area contributed by atoms with Crippen molar-refractivity contribution in [1.82, 2.24) is 0 Å². The number of benzene rings is 2. The van der Waals surface area contributed by atoms with Crippen LogP contribution in [0.4, 0.5) is 17.6 Å². The van der Waals surface area contributed by atoms with E-state index in [-0.39, 0.29) is 17.1 Å². The maximum absolute atomic E-state index is 13.7. The van der Waals surface area contributed by atoms with Gasteiger partial charge < -0.3 is 4.74 Å². The average Bonchev–Trinajstić information content (AvgIpc) is 2.67. The minimum Gasteiger partial charge on any atom is -0.406 e. The van der Waals surface area contributed by atoms with Crippen molar-refractivity contribution in [2.75, 3.05) is 0 Å². The van der Waals surface area contributed by atoms with Gasteiger partial charge in [-0.25, -0.2) is 4.39 Å². The lowest BCUT2D eigenvalue weighted by molar-refractivity contribution is -0.274. The number of rotatable bonds is 3. The molecule has 0 heterocycles. The third-order valence-electron chi connectivity index (χ3n) is 4.27. The van der Waals surface area contributed by atoms with Crippen molar-refractivity contribution in [3.05, 3.63) is 83.2 Å². The van der Waals surface area contributed by atoms with Crippen molar-refractivity contribution in [3.8, 4) is 17.6 Å². The van der Waals surface area contributed by atoms with Crippen LogP contribution >= 0.6 is 0 Å². The van der Waals surface area contributed by atoms with Gasteiger partial charge in [-0.3, -0.25) is 4.79 Å². The predicted octanol–water partition coefficient (Wildman–Crippen LogP) is 5.69. The fourth-order valence-corrected chi connectivity index (χ4v) is 2.84. The average molecular weight is 400 g/mol. The number of hydrogen-bond donors (Lipinski definition) is 0. The Morgan fingerprint density at radius 1 is 1.03 bits per heavy atom. The van der Waals surface area contributed by atoms with E-state index >= 15 is 0 Å². The number of alkyl halides is 3. The Labute approximate surface area is 165 Å². The van der Waals surface area contributed by atoms with Crippen molar-refractivity contribution in [2.24, 2.45) is 5.92 Å².